The van der Waals surface area contributed by atoms with E-state index in [-0.39, 0.29) is 0 Å². The molecule has 0 unspecified atom stereocenters. The molecule has 0 amide bonds. The van der Waals surface area contributed by atoms with E-state index in [1.807, 2.05) is 11.3 Å². The highest BCUT2D eigenvalue weighted by molar-refractivity contribution is 7.15. The third-order valence-corrected chi connectivity index (χ3v) is 4.71. The van der Waals surface area contributed by atoms with Crippen molar-refractivity contribution >= 4 is 27.6 Å². The molecule has 0 spiro atoms. The van der Waals surface area contributed by atoms with Crippen molar-refractivity contribution in [2.75, 3.05) is 0 Å². The first-order valence-electron chi connectivity index (χ1n) is 5.91. The van der Waals surface area contributed by atoms with E-state index in [0.29, 0.717) is 0 Å². The summed E-state index contributed by atoms with van der Waals surface area (Å²) in [5.41, 5.74) is 2.39. The molecule has 0 fully saturated rings. The predicted molar refractivity (Wildman–Crippen MR) is 77.4 cm³/mol. The third kappa shape index (κ3) is 2.21. The second-order valence-electron chi connectivity index (χ2n) is 4.32. The molecule has 0 atom stereocenters. The standard InChI is InChI=1S/C13H15N3S2/c1-9-3-4-11(18-9)7-14-8-12-10(2)15-13-16(12)5-6-17-13/h3-6,14H,7-8H2,1-2H3. The number of aryl methyl sites for hydroxylation is 2. The Morgan fingerprint density at radius 3 is 2.94 bits per heavy atom. The van der Waals surface area contributed by atoms with Crippen molar-refractivity contribution in [3.8, 4) is 0 Å². The van der Waals surface area contributed by atoms with E-state index in [1.165, 1.54) is 15.4 Å². The van der Waals surface area contributed by atoms with E-state index in [0.717, 1.165) is 23.7 Å². The van der Waals surface area contributed by atoms with Crippen LogP contribution >= 0.6 is 22.7 Å². The molecule has 3 aromatic heterocycles. The minimum Gasteiger partial charge on any atom is -0.306 e. The summed E-state index contributed by atoms with van der Waals surface area (Å²) in [5.74, 6) is 0. The molecule has 0 aliphatic heterocycles. The number of thiophene rings is 1. The smallest absolute Gasteiger partial charge is 0.194 e. The monoisotopic (exact) mass is 277 g/mol. The van der Waals surface area contributed by atoms with E-state index in [4.69, 9.17) is 0 Å². The number of rotatable bonds is 4. The van der Waals surface area contributed by atoms with Gasteiger partial charge in [-0.15, -0.1) is 22.7 Å². The lowest BCUT2D eigenvalue weighted by molar-refractivity contribution is 0.679. The minimum absolute atomic E-state index is 0.862. The molecule has 5 heteroatoms. The molecule has 0 radical (unpaired) electrons. The lowest BCUT2D eigenvalue weighted by Crippen LogP contribution is -2.13. The van der Waals surface area contributed by atoms with Gasteiger partial charge in [0.15, 0.2) is 4.96 Å². The van der Waals surface area contributed by atoms with Gasteiger partial charge in [0, 0.05) is 34.4 Å². The predicted octanol–water partition coefficient (Wildman–Crippen LogP) is 3.36. The lowest BCUT2D eigenvalue weighted by Gasteiger charge is -2.03. The van der Waals surface area contributed by atoms with Gasteiger partial charge in [0.1, 0.15) is 0 Å². The Balaban J connectivity index is 1.69. The summed E-state index contributed by atoms with van der Waals surface area (Å²) in [6.07, 6.45) is 2.09. The van der Waals surface area contributed by atoms with Crippen molar-refractivity contribution in [1.29, 1.82) is 0 Å². The maximum absolute atomic E-state index is 4.55. The van der Waals surface area contributed by atoms with Gasteiger partial charge in [-0.05, 0) is 26.0 Å². The van der Waals surface area contributed by atoms with Gasteiger partial charge in [-0.25, -0.2) is 4.98 Å². The minimum atomic E-state index is 0.862. The van der Waals surface area contributed by atoms with Crippen LogP contribution in [0.4, 0.5) is 0 Å². The van der Waals surface area contributed by atoms with Crippen LogP contribution in [0.3, 0.4) is 0 Å². The van der Waals surface area contributed by atoms with Crippen LogP contribution < -0.4 is 5.32 Å². The largest absolute Gasteiger partial charge is 0.306 e. The SMILES string of the molecule is Cc1ccc(CNCc2c(C)nc3sccn23)s1. The fraction of sp³-hybridized carbons (Fsp3) is 0.308. The number of aromatic nitrogens is 2. The Hall–Kier alpha value is -1.17. The molecule has 3 heterocycles. The maximum atomic E-state index is 4.55. The van der Waals surface area contributed by atoms with Gasteiger partial charge in [-0.2, -0.15) is 0 Å². The van der Waals surface area contributed by atoms with E-state index in [1.54, 1.807) is 11.3 Å². The van der Waals surface area contributed by atoms with Crippen LogP contribution in [0.15, 0.2) is 23.7 Å². The Morgan fingerprint density at radius 1 is 1.28 bits per heavy atom. The zero-order valence-electron chi connectivity index (χ0n) is 10.4. The highest BCUT2D eigenvalue weighted by Gasteiger charge is 2.08. The molecular weight excluding hydrogens is 262 g/mol. The number of nitrogens with one attached hydrogen (secondary N) is 1. The number of hydrogen-bond acceptors (Lipinski definition) is 4. The van der Waals surface area contributed by atoms with E-state index in [2.05, 4.69) is 52.3 Å². The average Bonchev–Trinajstić information content (AvgIpc) is 2.99. The Kier molecular flexibility index (Phi) is 3.20. The summed E-state index contributed by atoms with van der Waals surface area (Å²) < 4.78 is 2.17. The number of nitrogens with zero attached hydrogens (tertiary/aromatic N) is 2. The Bertz CT molecular complexity index is 663. The Labute approximate surface area is 114 Å². The van der Waals surface area contributed by atoms with Crippen LogP contribution in [0.5, 0.6) is 0 Å². The van der Waals surface area contributed by atoms with E-state index in [9.17, 15) is 0 Å². The summed E-state index contributed by atoms with van der Waals surface area (Å²) in [6, 6.07) is 4.36. The lowest BCUT2D eigenvalue weighted by atomic mass is 10.3. The number of thiazole rings is 1. The van der Waals surface area contributed by atoms with Gasteiger partial charge in [0.05, 0.1) is 11.4 Å². The van der Waals surface area contributed by atoms with Crippen LogP contribution in [-0.4, -0.2) is 9.38 Å². The van der Waals surface area contributed by atoms with Gasteiger partial charge in [0.2, 0.25) is 0 Å². The molecule has 3 nitrogen and oxygen atoms in total. The molecule has 0 aromatic carbocycles. The molecular formula is C13H15N3S2. The zero-order chi connectivity index (χ0) is 12.5. The normalized spacial score (nSPS) is 11.4. The molecule has 18 heavy (non-hydrogen) atoms. The average molecular weight is 277 g/mol. The first-order chi connectivity index (χ1) is 8.74. The maximum Gasteiger partial charge on any atom is 0.194 e. The molecule has 0 saturated carbocycles. The summed E-state index contributed by atoms with van der Waals surface area (Å²) >= 11 is 3.53. The summed E-state index contributed by atoms with van der Waals surface area (Å²) in [5, 5.41) is 5.57. The van der Waals surface area contributed by atoms with Crippen LogP contribution in [0.25, 0.3) is 4.96 Å². The summed E-state index contributed by atoms with van der Waals surface area (Å²) in [7, 11) is 0. The molecule has 1 N–H and O–H groups in total. The number of hydrogen-bond donors (Lipinski definition) is 1. The van der Waals surface area contributed by atoms with Gasteiger partial charge < -0.3 is 5.32 Å². The van der Waals surface area contributed by atoms with Crippen molar-refractivity contribution in [2.24, 2.45) is 0 Å². The quantitative estimate of drug-likeness (QED) is 0.792. The van der Waals surface area contributed by atoms with Crippen LogP contribution in [0, 0.1) is 13.8 Å². The zero-order valence-corrected chi connectivity index (χ0v) is 12.1. The van der Waals surface area contributed by atoms with Crippen LogP contribution in [-0.2, 0) is 13.1 Å². The summed E-state index contributed by atoms with van der Waals surface area (Å²) in [4.78, 5) is 8.38. The highest BCUT2D eigenvalue weighted by Crippen LogP contribution is 2.17. The molecule has 0 saturated heterocycles. The second-order valence-corrected chi connectivity index (χ2v) is 6.56. The van der Waals surface area contributed by atoms with Crippen molar-refractivity contribution in [3.63, 3.8) is 0 Å². The second kappa shape index (κ2) is 4.84. The molecule has 0 aliphatic carbocycles. The third-order valence-electron chi connectivity index (χ3n) is 2.95. The molecule has 3 aromatic rings. The molecule has 3 rings (SSSR count). The van der Waals surface area contributed by atoms with E-state index < -0.39 is 0 Å². The fourth-order valence-corrected chi connectivity index (χ4v) is 3.68. The van der Waals surface area contributed by atoms with Crippen molar-refractivity contribution in [1.82, 2.24) is 14.7 Å². The molecule has 0 bridgehead atoms. The first kappa shape index (κ1) is 11.9. The molecule has 0 aliphatic rings. The molecule has 94 valence electrons. The van der Waals surface area contributed by atoms with E-state index >= 15 is 0 Å². The fourth-order valence-electron chi connectivity index (χ4n) is 2.04. The number of fused-ring (bicyclic) bond motifs is 1. The van der Waals surface area contributed by atoms with Crippen LogP contribution in [0.2, 0.25) is 0 Å². The Morgan fingerprint density at radius 2 is 2.17 bits per heavy atom. The van der Waals surface area contributed by atoms with Gasteiger partial charge in [-0.1, -0.05) is 0 Å². The van der Waals surface area contributed by atoms with Crippen LogP contribution in [0.1, 0.15) is 21.1 Å². The highest BCUT2D eigenvalue weighted by atomic mass is 32.1. The number of imidazole rings is 1. The van der Waals surface area contributed by atoms with Crippen molar-refractivity contribution in [2.45, 2.75) is 26.9 Å². The first-order valence-corrected chi connectivity index (χ1v) is 7.61. The van der Waals surface area contributed by atoms with Crippen molar-refractivity contribution in [3.05, 3.63) is 44.9 Å². The van der Waals surface area contributed by atoms with Gasteiger partial charge in [0.25, 0.3) is 0 Å². The van der Waals surface area contributed by atoms with Gasteiger partial charge >= 0.3 is 0 Å². The van der Waals surface area contributed by atoms with Crippen molar-refractivity contribution < 1.29 is 0 Å². The topological polar surface area (TPSA) is 29.3 Å². The summed E-state index contributed by atoms with van der Waals surface area (Å²) in [6.45, 7) is 6.01. The van der Waals surface area contributed by atoms with Gasteiger partial charge in [-0.3, -0.25) is 4.40 Å².